The van der Waals surface area contributed by atoms with Crippen LogP contribution in [0.25, 0.3) is 11.1 Å². The predicted molar refractivity (Wildman–Crippen MR) is 96.1 cm³/mol. The van der Waals surface area contributed by atoms with Crippen molar-refractivity contribution in [3.8, 4) is 6.07 Å². The van der Waals surface area contributed by atoms with E-state index in [9.17, 15) is 8.42 Å². The van der Waals surface area contributed by atoms with Crippen molar-refractivity contribution in [2.45, 2.75) is 17.7 Å². The molecule has 0 saturated heterocycles. The van der Waals surface area contributed by atoms with Crippen LogP contribution in [-0.4, -0.2) is 19.7 Å². The highest BCUT2D eigenvalue weighted by atomic mass is 32.2. The maximum Gasteiger partial charge on any atom is 0.175 e. The molecular formula is C20H16N2O2S. The van der Waals surface area contributed by atoms with Crippen molar-refractivity contribution in [2.24, 2.45) is 5.41 Å². The van der Waals surface area contributed by atoms with Crippen molar-refractivity contribution in [1.29, 1.82) is 5.26 Å². The van der Waals surface area contributed by atoms with Crippen molar-refractivity contribution in [3.63, 3.8) is 0 Å². The number of pyridine rings is 1. The monoisotopic (exact) mass is 348 g/mol. The predicted octanol–water partition coefficient (Wildman–Crippen LogP) is 3.62. The molecule has 1 spiro atoms. The second-order valence-corrected chi connectivity index (χ2v) is 8.71. The van der Waals surface area contributed by atoms with E-state index in [1.807, 2.05) is 24.3 Å². The number of nitrogens with zero attached hydrogens (tertiary/aromatic N) is 2. The molecule has 25 heavy (non-hydrogen) atoms. The van der Waals surface area contributed by atoms with Crippen LogP contribution in [0.5, 0.6) is 0 Å². The average Bonchev–Trinajstić information content (AvgIpc) is 3.25. The van der Waals surface area contributed by atoms with Crippen LogP contribution in [0.2, 0.25) is 0 Å². The lowest BCUT2D eigenvalue weighted by molar-refractivity contribution is 0.602. The zero-order valence-corrected chi connectivity index (χ0v) is 14.5. The van der Waals surface area contributed by atoms with E-state index in [0.717, 1.165) is 35.1 Å². The van der Waals surface area contributed by atoms with Gasteiger partial charge in [-0.25, -0.2) is 13.4 Å². The molecule has 0 amide bonds. The number of sulfone groups is 1. The highest BCUT2D eigenvalue weighted by molar-refractivity contribution is 7.90. The largest absolute Gasteiger partial charge is 0.245 e. The van der Waals surface area contributed by atoms with Gasteiger partial charge in [0.15, 0.2) is 9.84 Å². The molecule has 1 heterocycles. The lowest BCUT2D eigenvalue weighted by Crippen LogP contribution is -1.97. The van der Waals surface area contributed by atoms with Gasteiger partial charge in [-0.2, -0.15) is 5.26 Å². The number of hydrogen-bond donors (Lipinski definition) is 0. The number of rotatable bonds is 3. The number of hydrogen-bond acceptors (Lipinski definition) is 4. The van der Waals surface area contributed by atoms with Crippen LogP contribution in [0, 0.1) is 16.7 Å². The van der Waals surface area contributed by atoms with Crippen LogP contribution in [0.15, 0.2) is 59.6 Å². The lowest BCUT2D eigenvalue weighted by Gasteiger charge is -2.10. The van der Waals surface area contributed by atoms with Gasteiger partial charge in [0.25, 0.3) is 0 Å². The number of benzene rings is 1. The molecule has 4 rings (SSSR count). The number of nitriles is 1. The molecule has 0 unspecified atom stereocenters. The Hall–Kier alpha value is -2.71. The highest BCUT2D eigenvalue weighted by Crippen LogP contribution is 2.57. The van der Waals surface area contributed by atoms with E-state index < -0.39 is 9.84 Å². The molecular weight excluding hydrogens is 332 g/mol. The molecule has 4 nitrogen and oxygen atoms in total. The molecule has 2 aromatic rings. The normalized spacial score (nSPS) is 17.8. The van der Waals surface area contributed by atoms with Crippen molar-refractivity contribution in [2.75, 3.05) is 6.26 Å². The molecule has 124 valence electrons. The third kappa shape index (κ3) is 2.90. The Kier molecular flexibility index (Phi) is 3.41. The molecule has 2 aliphatic carbocycles. The number of allylic oxidation sites excluding steroid dienone is 4. The molecule has 0 radical (unpaired) electrons. The third-order valence-corrected chi connectivity index (χ3v) is 5.89. The molecule has 0 bridgehead atoms. The van der Waals surface area contributed by atoms with E-state index in [2.05, 4.69) is 17.1 Å². The highest BCUT2D eigenvalue weighted by Gasteiger charge is 2.43. The summed E-state index contributed by atoms with van der Waals surface area (Å²) in [6.07, 6.45) is 9.75. The van der Waals surface area contributed by atoms with Crippen molar-refractivity contribution >= 4 is 21.0 Å². The Morgan fingerprint density at radius 3 is 2.08 bits per heavy atom. The summed E-state index contributed by atoms with van der Waals surface area (Å²) in [4.78, 5) is 4.50. The zero-order valence-electron chi connectivity index (χ0n) is 13.7. The second kappa shape index (κ2) is 5.40. The first-order chi connectivity index (χ1) is 11.9. The van der Waals surface area contributed by atoms with E-state index in [0.29, 0.717) is 10.6 Å². The van der Waals surface area contributed by atoms with Crippen LogP contribution in [-0.2, 0) is 9.84 Å². The molecule has 5 heteroatoms. The summed E-state index contributed by atoms with van der Waals surface area (Å²) in [6, 6.07) is 12.7. The van der Waals surface area contributed by atoms with Crippen LogP contribution in [0.3, 0.4) is 0 Å². The topological polar surface area (TPSA) is 70.8 Å². The number of aromatic nitrogens is 1. The van der Waals surface area contributed by atoms with Gasteiger partial charge in [-0.1, -0.05) is 24.3 Å². The minimum absolute atomic E-state index is 0.133. The van der Waals surface area contributed by atoms with Gasteiger partial charge in [-0.05, 0) is 53.8 Å². The van der Waals surface area contributed by atoms with Crippen LogP contribution in [0.4, 0.5) is 0 Å². The summed E-state index contributed by atoms with van der Waals surface area (Å²) in [5, 5.41) is 8.92. The summed E-state index contributed by atoms with van der Waals surface area (Å²) < 4.78 is 23.3. The Labute approximate surface area is 147 Å². The Balaban J connectivity index is 1.75. The minimum atomic E-state index is -3.20. The van der Waals surface area contributed by atoms with E-state index in [-0.39, 0.29) is 5.41 Å². The van der Waals surface area contributed by atoms with Gasteiger partial charge in [-0.15, -0.1) is 0 Å². The van der Waals surface area contributed by atoms with Crippen molar-refractivity contribution < 1.29 is 8.42 Å². The van der Waals surface area contributed by atoms with Crippen LogP contribution < -0.4 is 0 Å². The Bertz CT molecular complexity index is 1050. The summed E-state index contributed by atoms with van der Waals surface area (Å²) >= 11 is 0. The maximum atomic E-state index is 11.7. The summed E-state index contributed by atoms with van der Waals surface area (Å²) in [5.41, 5.74) is 4.69. The van der Waals surface area contributed by atoms with E-state index >= 15 is 0 Å². The van der Waals surface area contributed by atoms with Gasteiger partial charge < -0.3 is 0 Å². The third-order valence-electron chi connectivity index (χ3n) is 4.76. The van der Waals surface area contributed by atoms with E-state index in [4.69, 9.17) is 5.26 Å². The van der Waals surface area contributed by atoms with Gasteiger partial charge in [0.2, 0.25) is 0 Å². The second-order valence-electron chi connectivity index (χ2n) is 6.69. The molecule has 0 aliphatic heterocycles. The molecule has 0 N–H and O–H groups in total. The molecule has 1 fully saturated rings. The Morgan fingerprint density at radius 2 is 1.60 bits per heavy atom. The molecule has 1 aromatic heterocycles. The van der Waals surface area contributed by atoms with Gasteiger partial charge in [0.1, 0.15) is 11.8 Å². The fourth-order valence-corrected chi connectivity index (χ4v) is 3.81. The van der Waals surface area contributed by atoms with E-state index in [1.165, 1.54) is 6.26 Å². The molecule has 0 atom stereocenters. The fraction of sp³-hybridized carbons (Fsp3) is 0.200. The zero-order chi connectivity index (χ0) is 17.7. The molecule has 2 aliphatic rings. The fourth-order valence-electron chi connectivity index (χ4n) is 3.18. The maximum absolute atomic E-state index is 11.7. The summed E-state index contributed by atoms with van der Waals surface area (Å²) in [7, 11) is -3.20. The molecule has 1 saturated carbocycles. The summed E-state index contributed by atoms with van der Waals surface area (Å²) in [5.74, 6) is 0. The minimum Gasteiger partial charge on any atom is -0.245 e. The SMILES string of the molecule is CS(=O)(=O)c1ccc(C2=CC3(C=C2c2ccc(C#N)nc2)CC3)cc1. The standard InChI is InChI=1S/C20H16N2O2S/c1-25(23,24)17-6-3-14(4-7-17)18-10-20(8-9-20)11-19(18)15-2-5-16(12-21)22-13-15/h2-7,10-11,13H,8-9H2,1H3. The van der Waals surface area contributed by atoms with Crippen LogP contribution in [0.1, 0.15) is 29.7 Å². The van der Waals surface area contributed by atoms with E-state index in [1.54, 1.807) is 24.4 Å². The first-order valence-corrected chi connectivity index (χ1v) is 9.93. The molecule has 1 aromatic carbocycles. The summed E-state index contributed by atoms with van der Waals surface area (Å²) in [6.45, 7) is 0. The quantitative estimate of drug-likeness (QED) is 0.849. The van der Waals surface area contributed by atoms with Crippen molar-refractivity contribution in [3.05, 3.63) is 71.6 Å². The smallest absolute Gasteiger partial charge is 0.175 e. The van der Waals surface area contributed by atoms with Crippen LogP contribution >= 0.6 is 0 Å². The average molecular weight is 348 g/mol. The van der Waals surface area contributed by atoms with Gasteiger partial charge in [0.05, 0.1) is 4.90 Å². The first-order valence-electron chi connectivity index (χ1n) is 8.03. The first kappa shape index (κ1) is 15.8. The van der Waals surface area contributed by atoms with Gasteiger partial charge >= 0.3 is 0 Å². The van der Waals surface area contributed by atoms with Crippen molar-refractivity contribution in [1.82, 2.24) is 4.98 Å². The lowest BCUT2D eigenvalue weighted by atomic mass is 9.96. The Morgan fingerprint density at radius 1 is 1.00 bits per heavy atom. The van der Waals surface area contributed by atoms with Gasteiger partial charge in [-0.3, -0.25) is 0 Å². The van der Waals surface area contributed by atoms with Gasteiger partial charge in [0, 0.05) is 23.4 Å².